The highest BCUT2D eigenvalue weighted by atomic mass is 16.3. The molecule has 3 N–H and O–H groups in total. The second-order valence-corrected chi connectivity index (χ2v) is 6.33. The zero-order valence-electron chi connectivity index (χ0n) is 15.4. The zero-order valence-corrected chi connectivity index (χ0v) is 15.4. The second-order valence-electron chi connectivity index (χ2n) is 6.33. The Bertz CT molecular complexity index is 832. The van der Waals surface area contributed by atoms with Gasteiger partial charge in [-0.15, -0.1) is 0 Å². The van der Waals surface area contributed by atoms with Crippen molar-refractivity contribution in [1.29, 1.82) is 0 Å². The number of anilines is 1. The number of aryl methyl sites for hydroxylation is 3. The van der Waals surface area contributed by atoms with Gasteiger partial charge in [0.05, 0.1) is 6.42 Å². The molecule has 2 aromatic rings. The number of phenolic OH excluding ortho intramolecular Hbond substituents is 1. The summed E-state index contributed by atoms with van der Waals surface area (Å²) in [6.45, 7) is 7.59. The van der Waals surface area contributed by atoms with E-state index in [0.29, 0.717) is 11.3 Å². The summed E-state index contributed by atoms with van der Waals surface area (Å²) >= 11 is 0. The van der Waals surface area contributed by atoms with E-state index in [4.69, 9.17) is 0 Å². The minimum atomic E-state index is -0.407. The molecule has 0 saturated heterocycles. The summed E-state index contributed by atoms with van der Waals surface area (Å²) in [6.07, 6.45) is 0.0720. The molecule has 2 rings (SSSR count). The molecule has 0 heterocycles. The van der Waals surface area contributed by atoms with Gasteiger partial charge in [-0.3, -0.25) is 9.59 Å². The van der Waals surface area contributed by atoms with E-state index < -0.39 is 5.91 Å². The molecule has 0 aromatic heterocycles. The van der Waals surface area contributed by atoms with E-state index in [1.165, 1.54) is 24.3 Å². The highest BCUT2D eigenvalue weighted by molar-refractivity contribution is 6.06. The summed E-state index contributed by atoms with van der Waals surface area (Å²) in [5, 5.41) is 16.1. The largest absolute Gasteiger partial charge is 0.508 e. The number of hydrogen-bond acceptors (Lipinski definition) is 4. The molecule has 6 heteroatoms. The van der Waals surface area contributed by atoms with Crippen molar-refractivity contribution in [2.24, 2.45) is 5.10 Å². The molecule has 0 aliphatic heterocycles. The Morgan fingerprint density at radius 3 is 2.19 bits per heavy atom. The zero-order chi connectivity index (χ0) is 19.3. The van der Waals surface area contributed by atoms with E-state index in [0.717, 1.165) is 22.4 Å². The lowest BCUT2D eigenvalue weighted by Crippen LogP contribution is -2.21. The Balaban J connectivity index is 1.95. The molecular weight excluding hydrogens is 330 g/mol. The van der Waals surface area contributed by atoms with Crippen molar-refractivity contribution in [3.05, 3.63) is 58.7 Å². The van der Waals surface area contributed by atoms with Crippen molar-refractivity contribution in [3.8, 4) is 5.75 Å². The van der Waals surface area contributed by atoms with Gasteiger partial charge in [0.2, 0.25) is 5.91 Å². The predicted octanol–water partition coefficient (Wildman–Crippen LogP) is 3.45. The van der Waals surface area contributed by atoms with Gasteiger partial charge >= 0.3 is 0 Å². The van der Waals surface area contributed by atoms with Crippen LogP contribution >= 0.6 is 0 Å². The molecule has 0 fully saturated rings. The molecule has 2 amide bonds. The molecule has 0 spiro atoms. The molecule has 0 saturated carbocycles. The van der Waals surface area contributed by atoms with Gasteiger partial charge in [-0.2, -0.15) is 5.10 Å². The number of aromatic hydroxyl groups is 1. The molecule has 136 valence electrons. The van der Waals surface area contributed by atoms with Crippen LogP contribution in [0.15, 0.2) is 41.5 Å². The standard InChI is InChI=1S/C20H23N3O3/c1-12-9-13(2)19(14(3)10-12)21-18(25)11-15(4)22-23-20(26)16-5-7-17(24)8-6-16/h5-10,24H,11H2,1-4H3,(H,21,25)(H,23,26). The van der Waals surface area contributed by atoms with Crippen molar-refractivity contribution < 1.29 is 14.7 Å². The lowest BCUT2D eigenvalue weighted by atomic mass is 10.0. The smallest absolute Gasteiger partial charge is 0.271 e. The fraction of sp³-hybridized carbons (Fsp3) is 0.250. The van der Waals surface area contributed by atoms with Gasteiger partial charge in [-0.25, -0.2) is 5.43 Å². The molecule has 0 aliphatic rings. The third kappa shape index (κ3) is 5.17. The average molecular weight is 353 g/mol. The first-order chi connectivity index (χ1) is 12.3. The van der Waals surface area contributed by atoms with E-state index in [9.17, 15) is 14.7 Å². The van der Waals surface area contributed by atoms with Crippen LogP contribution in [0.25, 0.3) is 0 Å². The maximum absolute atomic E-state index is 12.2. The van der Waals surface area contributed by atoms with Crippen LogP contribution in [0.2, 0.25) is 0 Å². The van der Waals surface area contributed by atoms with E-state index in [1.54, 1.807) is 6.92 Å². The van der Waals surface area contributed by atoms with Crippen molar-refractivity contribution >= 4 is 23.2 Å². The summed E-state index contributed by atoms with van der Waals surface area (Å²) in [4.78, 5) is 24.2. The minimum absolute atomic E-state index is 0.0720. The van der Waals surface area contributed by atoms with E-state index in [1.807, 2.05) is 32.9 Å². The van der Waals surface area contributed by atoms with Gasteiger partial charge in [0.25, 0.3) is 5.91 Å². The van der Waals surface area contributed by atoms with E-state index >= 15 is 0 Å². The Morgan fingerprint density at radius 1 is 1.04 bits per heavy atom. The van der Waals surface area contributed by atoms with Gasteiger partial charge in [-0.1, -0.05) is 17.7 Å². The number of rotatable bonds is 5. The molecule has 0 aliphatic carbocycles. The first-order valence-electron chi connectivity index (χ1n) is 8.26. The monoisotopic (exact) mass is 353 g/mol. The van der Waals surface area contributed by atoms with E-state index in [-0.39, 0.29) is 18.1 Å². The summed E-state index contributed by atoms with van der Waals surface area (Å²) in [6, 6.07) is 9.86. The molecule has 0 unspecified atom stereocenters. The van der Waals surface area contributed by atoms with E-state index in [2.05, 4.69) is 15.8 Å². The average Bonchev–Trinajstić information content (AvgIpc) is 2.56. The topological polar surface area (TPSA) is 90.8 Å². The van der Waals surface area contributed by atoms with Gasteiger partial charge in [0.1, 0.15) is 5.75 Å². The maximum atomic E-state index is 12.2. The van der Waals surface area contributed by atoms with Gasteiger partial charge < -0.3 is 10.4 Å². The van der Waals surface area contributed by atoms with Crippen molar-refractivity contribution in [1.82, 2.24) is 5.43 Å². The SMILES string of the molecule is CC(CC(=O)Nc1c(C)cc(C)cc1C)=NNC(=O)c1ccc(O)cc1. The maximum Gasteiger partial charge on any atom is 0.271 e. The normalized spacial score (nSPS) is 11.2. The Labute approximate surface area is 152 Å². The third-order valence-corrected chi connectivity index (χ3v) is 3.84. The molecule has 6 nitrogen and oxygen atoms in total. The number of carbonyl (C=O) groups is 2. The highest BCUT2D eigenvalue weighted by Gasteiger charge is 2.10. The lowest BCUT2D eigenvalue weighted by molar-refractivity contribution is -0.115. The van der Waals surface area contributed by atoms with Crippen molar-refractivity contribution in [2.45, 2.75) is 34.1 Å². The molecular formula is C20H23N3O3. The fourth-order valence-electron chi connectivity index (χ4n) is 2.66. The predicted molar refractivity (Wildman–Crippen MR) is 103 cm³/mol. The van der Waals surface area contributed by atoms with Gasteiger partial charge in [0, 0.05) is 17.0 Å². The van der Waals surface area contributed by atoms with Crippen LogP contribution in [0.5, 0.6) is 5.75 Å². The van der Waals surface area contributed by atoms with Crippen LogP contribution in [-0.4, -0.2) is 22.6 Å². The Hall–Kier alpha value is -3.15. The fourth-order valence-corrected chi connectivity index (χ4v) is 2.66. The third-order valence-electron chi connectivity index (χ3n) is 3.84. The number of hydrazone groups is 1. The van der Waals surface area contributed by atoms with Crippen LogP contribution in [0.3, 0.4) is 0 Å². The number of carbonyl (C=O) groups excluding carboxylic acids is 2. The summed E-state index contributed by atoms with van der Waals surface area (Å²) < 4.78 is 0. The van der Waals surface area contributed by atoms with Crippen LogP contribution in [0.1, 0.15) is 40.4 Å². The second kappa shape index (κ2) is 8.29. The molecule has 0 radical (unpaired) electrons. The number of nitrogens with zero attached hydrogens (tertiary/aromatic N) is 1. The Morgan fingerprint density at radius 2 is 1.62 bits per heavy atom. The number of benzene rings is 2. The number of phenols is 1. The summed E-state index contributed by atoms with van der Waals surface area (Å²) in [5.41, 5.74) is 7.22. The van der Waals surface area contributed by atoms with Crippen molar-refractivity contribution in [3.63, 3.8) is 0 Å². The van der Waals surface area contributed by atoms with Crippen LogP contribution < -0.4 is 10.7 Å². The molecule has 0 atom stereocenters. The highest BCUT2D eigenvalue weighted by Crippen LogP contribution is 2.22. The Kier molecular flexibility index (Phi) is 6.11. The minimum Gasteiger partial charge on any atom is -0.508 e. The quantitative estimate of drug-likeness (QED) is 0.568. The van der Waals surface area contributed by atoms with Crippen LogP contribution in [-0.2, 0) is 4.79 Å². The molecule has 2 aromatic carbocycles. The van der Waals surface area contributed by atoms with Gasteiger partial charge in [0.15, 0.2) is 0 Å². The van der Waals surface area contributed by atoms with Crippen LogP contribution in [0.4, 0.5) is 5.69 Å². The summed E-state index contributed by atoms with van der Waals surface area (Å²) in [5.74, 6) is -0.519. The first kappa shape index (κ1) is 19.2. The number of hydrogen-bond donors (Lipinski definition) is 3. The van der Waals surface area contributed by atoms with Crippen molar-refractivity contribution in [2.75, 3.05) is 5.32 Å². The number of amides is 2. The molecule has 0 bridgehead atoms. The first-order valence-corrected chi connectivity index (χ1v) is 8.26. The number of nitrogens with one attached hydrogen (secondary N) is 2. The lowest BCUT2D eigenvalue weighted by Gasteiger charge is -2.12. The molecule has 26 heavy (non-hydrogen) atoms. The van der Waals surface area contributed by atoms with Gasteiger partial charge in [-0.05, 0) is 63.1 Å². The van der Waals surface area contributed by atoms with Crippen LogP contribution in [0, 0.1) is 20.8 Å². The summed E-state index contributed by atoms with van der Waals surface area (Å²) in [7, 11) is 0.